The van der Waals surface area contributed by atoms with E-state index < -0.39 is 5.97 Å². The molecule has 33 heavy (non-hydrogen) atoms. The Hall–Kier alpha value is -3.87. The fourth-order valence-corrected chi connectivity index (χ4v) is 3.97. The largest absolute Gasteiger partial charge is 0.461 e. The lowest BCUT2D eigenvalue weighted by molar-refractivity contribution is -0.127. The smallest absolute Gasteiger partial charge is 0.356 e. The van der Waals surface area contributed by atoms with Crippen LogP contribution in [0.5, 0.6) is 11.5 Å². The summed E-state index contributed by atoms with van der Waals surface area (Å²) < 4.78 is 12.8. The summed E-state index contributed by atoms with van der Waals surface area (Å²) in [6.07, 6.45) is 2.97. The Labute approximate surface area is 193 Å². The number of hydrogen-bond donors (Lipinski definition) is 0. The highest BCUT2D eigenvalue weighted by molar-refractivity contribution is 5.89. The van der Waals surface area contributed by atoms with Gasteiger partial charge in [0.2, 0.25) is 5.91 Å². The fourth-order valence-electron chi connectivity index (χ4n) is 3.97. The second-order valence-electron chi connectivity index (χ2n) is 7.80. The number of nitrogens with zero attached hydrogens (tertiary/aromatic N) is 3. The minimum atomic E-state index is -0.424. The van der Waals surface area contributed by atoms with Crippen LogP contribution in [0.4, 0.5) is 0 Å². The molecule has 1 aliphatic rings. The number of carbonyl (C=O) groups is 2. The average Bonchev–Trinajstić information content (AvgIpc) is 3.31. The number of piperidine rings is 1. The molecule has 1 atom stereocenters. The van der Waals surface area contributed by atoms with Crippen LogP contribution in [0.1, 0.15) is 36.3 Å². The van der Waals surface area contributed by atoms with Crippen molar-refractivity contribution >= 4 is 11.9 Å². The van der Waals surface area contributed by atoms with E-state index in [1.165, 1.54) is 6.08 Å². The zero-order valence-electron chi connectivity index (χ0n) is 18.6. The first-order valence-corrected chi connectivity index (χ1v) is 11.1. The zero-order valence-corrected chi connectivity index (χ0v) is 18.6. The van der Waals surface area contributed by atoms with Crippen molar-refractivity contribution < 1.29 is 19.1 Å². The molecular formula is C26H27N3O4. The van der Waals surface area contributed by atoms with Crippen LogP contribution >= 0.6 is 0 Å². The lowest BCUT2D eigenvalue weighted by Crippen LogP contribution is -2.40. The van der Waals surface area contributed by atoms with Gasteiger partial charge in [-0.05, 0) is 68.3 Å². The number of amides is 1. The van der Waals surface area contributed by atoms with E-state index in [-0.39, 0.29) is 18.6 Å². The Morgan fingerprint density at radius 3 is 2.55 bits per heavy atom. The number of rotatable bonds is 7. The predicted octanol–water partition coefficient (Wildman–Crippen LogP) is 4.87. The average molecular weight is 446 g/mol. The molecule has 170 valence electrons. The molecule has 1 unspecified atom stereocenters. The molecule has 1 amide bonds. The van der Waals surface area contributed by atoms with Crippen LogP contribution in [0.25, 0.3) is 11.3 Å². The summed E-state index contributed by atoms with van der Waals surface area (Å²) in [5.41, 5.74) is 1.90. The zero-order chi connectivity index (χ0) is 23.2. The van der Waals surface area contributed by atoms with Crippen LogP contribution in [0, 0.1) is 0 Å². The quantitative estimate of drug-likeness (QED) is 0.383. The van der Waals surface area contributed by atoms with Gasteiger partial charge in [0.1, 0.15) is 17.2 Å². The molecule has 1 aliphatic heterocycles. The molecule has 0 saturated carbocycles. The van der Waals surface area contributed by atoms with E-state index in [1.54, 1.807) is 22.6 Å². The highest BCUT2D eigenvalue weighted by Gasteiger charge is 2.28. The summed E-state index contributed by atoms with van der Waals surface area (Å²) in [5, 5.41) is 4.75. The Morgan fingerprint density at radius 2 is 1.85 bits per heavy atom. The van der Waals surface area contributed by atoms with Crippen LogP contribution in [-0.2, 0) is 9.53 Å². The van der Waals surface area contributed by atoms with E-state index in [0.29, 0.717) is 30.2 Å². The number of para-hydroxylation sites is 1. The number of likely N-dealkylation sites (tertiary alicyclic amines) is 1. The van der Waals surface area contributed by atoms with Crippen LogP contribution in [0.15, 0.2) is 73.3 Å². The Balaban J connectivity index is 1.60. The van der Waals surface area contributed by atoms with Gasteiger partial charge >= 0.3 is 5.97 Å². The number of benzene rings is 2. The lowest BCUT2D eigenvalue weighted by Gasteiger charge is -2.32. The minimum absolute atomic E-state index is 0.112. The van der Waals surface area contributed by atoms with Crippen molar-refractivity contribution in [1.82, 2.24) is 14.7 Å². The first-order chi connectivity index (χ1) is 16.1. The first kappa shape index (κ1) is 22.3. The third kappa shape index (κ3) is 5.14. The monoisotopic (exact) mass is 445 g/mol. The van der Waals surface area contributed by atoms with E-state index in [0.717, 1.165) is 24.2 Å². The van der Waals surface area contributed by atoms with E-state index >= 15 is 0 Å². The maximum atomic E-state index is 12.7. The predicted molar refractivity (Wildman–Crippen MR) is 125 cm³/mol. The number of esters is 1. The summed E-state index contributed by atoms with van der Waals surface area (Å²) in [7, 11) is 0. The van der Waals surface area contributed by atoms with Crippen molar-refractivity contribution in [3.63, 3.8) is 0 Å². The van der Waals surface area contributed by atoms with Crippen molar-refractivity contribution in [2.45, 2.75) is 25.8 Å². The van der Waals surface area contributed by atoms with Gasteiger partial charge in [-0.1, -0.05) is 24.8 Å². The standard InChI is InChI=1S/C26H27N3O4/c1-3-25(30)28-16-8-9-20(18-28)29-24(26(31)32-4-2)17-23(27-29)19-12-14-22(15-13-19)33-21-10-6-5-7-11-21/h3,5-7,10-15,17,20H,1,4,8-9,16,18H2,2H3. The van der Waals surface area contributed by atoms with Crippen LogP contribution in [-0.4, -0.2) is 46.3 Å². The molecule has 1 aromatic heterocycles. The summed E-state index contributed by atoms with van der Waals surface area (Å²) in [4.78, 5) is 26.6. The first-order valence-electron chi connectivity index (χ1n) is 11.1. The maximum absolute atomic E-state index is 12.7. The molecule has 0 radical (unpaired) electrons. The summed E-state index contributed by atoms with van der Waals surface area (Å²) >= 11 is 0. The van der Waals surface area contributed by atoms with Gasteiger partial charge < -0.3 is 14.4 Å². The molecule has 1 fully saturated rings. The normalized spacial score (nSPS) is 15.7. The van der Waals surface area contributed by atoms with E-state index in [2.05, 4.69) is 6.58 Å². The van der Waals surface area contributed by atoms with Crippen LogP contribution in [0.3, 0.4) is 0 Å². The second kappa shape index (κ2) is 10.2. The molecule has 0 spiro atoms. The van der Waals surface area contributed by atoms with Gasteiger partial charge in [-0.2, -0.15) is 5.10 Å². The number of hydrogen-bond acceptors (Lipinski definition) is 5. The highest BCUT2D eigenvalue weighted by Crippen LogP contribution is 2.29. The van der Waals surface area contributed by atoms with E-state index in [1.807, 2.05) is 54.6 Å². The van der Waals surface area contributed by atoms with Crippen LogP contribution < -0.4 is 4.74 Å². The molecule has 2 heterocycles. The minimum Gasteiger partial charge on any atom is -0.461 e. The third-order valence-electron chi connectivity index (χ3n) is 5.58. The van der Waals surface area contributed by atoms with Crippen molar-refractivity contribution in [3.05, 3.63) is 79.0 Å². The van der Waals surface area contributed by atoms with Crippen molar-refractivity contribution in [3.8, 4) is 22.8 Å². The van der Waals surface area contributed by atoms with Crippen molar-refractivity contribution in [2.75, 3.05) is 19.7 Å². The van der Waals surface area contributed by atoms with Crippen molar-refractivity contribution in [2.24, 2.45) is 0 Å². The summed E-state index contributed by atoms with van der Waals surface area (Å²) in [5.74, 6) is 0.933. The van der Waals surface area contributed by atoms with Gasteiger partial charge in [0.05, 0.1) is 18.3 Å². The van der Waals surface area contributed by atoms with Gasteiger partial charge in [0.25, 0.3) is 0 Å². The molecule has 0 bridgehead atoms. The van der Waals surface area contributed by atoms with E-state index in [9.17, 15) is 9.59 Å². The Morgan fingerprint density at radius 1 is 1.12 bits per heavy atom. The molecule has 7 nitrogen and oxygen atoms in total. The van der Waals surface area contributed by atoms with Gasteiger partial charge in [-0.3, -0.25) is 9.48 Å². The van der Waals surface area contributed by atoms with Gasteiger partial charge in [0, 0.05) is 18.7 Å². The van der Waals surface area contributed by atoms with Crippen molar-refractivity contribution in [1.29, 1.82) is 0 Å². The fraction of sp³-hybridized carbons (Fsp3) is 0.269. The number of ether oxygens (including phenoxy) is 2. The Kier molecular flexibility index (Phi) is 6.88. The molecular weight excluding hydrogens is 418 g/mol. The van der Waals surface area contributed by atoms with E-state index in [4.69, 9.17) is 14.6 Å². The number of carbonyl (C=O) groups excluding carboxylic acids is 2. The lowest BCUT2D eigenvalue weighted by atomic mass is 10.1. The molecule has 7 heteroatoms. The van der Waals surface area contributed by atoms with Crippen LogP contribution in [0.2, 0.25) is 0 Å². The second-order valence-corrected chi connectivity index (χ2v) is 7.80. The molecule has 1 saturated heterocycles. The Bertz CT molecular complexity index is 1120. The molecule has 3 aromatic rings. The third-order valence-corrected chi connectivity index (χ3v) is 5.58. The number of aromatic nitrogens is 2. The van der Waals surface area contributed by atoms with Gasteiger partial charge in [-0.15, -0.1) is 0 Å². The molecule has 0 aliphatic carbocycles. The molecule has 4 rings (SSSR count). The molecule has 2 aromatic carbocycles. The SMILES string of the molecule is C=CC(=O)N1CCCC(n2nc(-c3ccc(Oc4ccccc4)cc3)cc2C(=O)OCC)C1. The summed E-state index contributed by atoms with van der Waals surface area (Å²) in [6, 6.07) is 18.8. The van der Waals surface area contributed by atoms with Gasteiger partial charge in [-0.25, -0.2) is 4.79 Å². The molecule has 0 N–H and O–H groups in total. The highest BCUT2D eigenvalue weighted by atomic mass is 16.5. The maximum Gasteiger partial charge on any atom is 0.356 e. The van der Waals surface area contributed by atoms with Gasteiger partial charge in [0.15, 0.2) is 0 Å². The summed E-state index contributed by atoms with van der Waals surface area (Å²) in [6.45, 7) is 6.78. The topological polar surface area (TPSA) is 73.7 Å².